The van der Waals surface area contributed by atoms with Crippen molar-refractivity contribution >= 4 is 34.2 Å². The predicted molar refractivity (Wildman–Crippen MR) is 76.2 cm³/mol. The van der Waals surface area contributed by atoms with E-state index in [-0.39, 0.29) is 11.6 Å². The number of para-hydroxylation sites is 1. The van der Waals surface area contributed by atoms with E-state index in [2.05, 4.69) is 38.2 Å². The molecule has 0 radical (unpaired) electrons. The molecule has 0 fully saturated rings. The second-order valence-corrected chi connectivity index (χ2v) is 4.75. The zero-order chi connectivity index (χ0) is 13.0. The molecule has 1 aromatic heterocycles. The van der Waals surface area contributed by atoms with Crippen molar-refractivity contribution in [3.63, 3.8) is 0 Å². The van der Waals surface area contributed by atoms with Gasteiger partial charge in [-0.15, -0.1) is 5.10 Å². The van der Waals surface area contributed by atoms with Crippen molar-refractivity contribution in [2.24, 2.45) is 5.73 Å². The first-order valence-electron chi connectivity index (χ1n) is 5.37. The SMILES string of the molecule is NCCn1cc(C(=O)Nc2ccccc2I)nn1. The van der Waals surface area contributed by atoms with Gasteiger partial charge in [-0.1, -0.05) is 17.3 Å². The third-order valence-electron chi connectivity index (χ3n) is 2.25. The first-order valence-corrected chi connectivity index (χ1v) is 6.44. The number of carbonyl (C=O) groups is 1. The van der Waals surface area contributed by atoms with E-state index in [0.29, 0.717) is 13.1 Å². The van der Waals surface area contributed by atoms with E-state index in [1.165, 1.54) is 0 Å². The normalized spacial score (nSPS) is 10.3. The smallest absolute Gasteiger partial charge is 0.277 e. The number of hydrogen-bond acceptors (Lipinski definition) is 4. The molecular weight excluding hydrogens is 345 g/mol. The van der Waals surface area contributed by atoms with Crippen LogP contribution in [0, 0.1) is 3.57 Å². The molecular formula is C11H12IN5O. The van der Waals surface area contributed by atoms with Gasteiger partial charge in [0.15, 0.2) is 5.69 Å². The van der Waals surface area contributed by atoms with Crippen molar-refractivity contribution in [2.75, 3.05) is 11.9 Å². The minimum atomic E-state index is -0.276. The monoisotopic (exact) mass is 357 g/mol. The number of nitrogens with zero attached hydrogens (tertiary/aromatic N) is 3. The Morgan fingerprint density at radius 3 is 2.94 bits per heavy atom. The van der Waals surface area contributed by atoms with E-state index in [1.807, 2.05) is 24.3 Å². The number of halogens is 1. The summed E-state index contributed by atoms with van der Waals surface area (Å²) >= 11 is 2.16. The number of nitrogens with one attached hydrogen (secondary N) is 1. The van der Waals surface area contributed by atoms with E-state index >= 15 is 0 Å². The molecule has 0 saturated heterocycles. The van der Waals surface area contributed by atoms with Gasteiger partial charge in [-0.3, -0.25) is 9.48 Å². The maximum atomic E-state index is 11.9. The highest BCUT2D eigenvalue weighted by Crippen LogP contribution is 2.17. The highest BCUT2D eigenvalue weighted by atomic mass is 127. The topological polar surface area (TPSA) is 85.8 Å². The van der Waals surface area contributed by atoms with Crippen molar-refractivity contribution in [3.8, 4) is 0 Å². The van der Waals surface area contributed by atoms with Gasteiger partial charge in [0.05, 0.1) is 18.4 Å². The van der Waals surface area contributed by atoms with Gasteiger partial charge in [-0.25, -0.2) is 0 Å². The number of nitrogens with two attached hydrogens (primary N) is 1. The number of aromatic nitrogens is 3. The molecule has 3 N–H and O–H groups in total. The molecule has 2 aromatic rings. The second-order valence-electron chi connectivity index (χ2n) is 3.59. The molecule has 1 amide bonds. The van der Waals surface area contributed by atoms with Gasteiger partial charge in [0.1, 0.15) is 0 Å². The van der Waals surface area contributed by atoms with Crippen LogP contribution in [0.3, 0.4) is 0 Å². The van der Waals surface area contributed by atoms with Crippen molar-refractivity contribution < 1.29 is 4.79 Å². The fraction of sp³-hybridized carbons (Fsp3) is 0.182. The van der Waals surface area contributed by atoms with Crippen LogP contribution in [0.4, 0.5) is 5.69 Å². The Kier molecular flexibility index (Phi) is 4.26. The summed E-state index contributed by atoms with van der Waals surface area (Å²) in [6, 6.07) is 7.53. The first kappa shape index (κ1) is 13.0. The molecule has 0 aliphatic rings. The molecule has 0 aliphatic heterocycles. The summed E-state index contributed by atoms with van der Waals surface area (Å²) < 4.78 is 2.52. The van der Waals surface area contributed by atoms with Crippen LogP contribution in [0.15, 0.2) is 30.5 Å². The maximum absolute atomic E-state index is 11.9. The Hall–Kier alpha value is -1.48. The highest BCUT2D eigenvalue weighted by molar-refractivity contribution is 14.1. The Morgan fingerprint density at radius 1 is 1.44 bits per heavy atom. The average Bonchev–Trinajstić information content (AvgIpc) is 2.81. The van der Waals surface area contributed by atoms with Crippen molar-refractivity contribution in [1.29, 1.82) is 0 Å². The predicted octanol–water partition coefficient (Wildman–Crippen LogP) is 1.09. The Bertz CT molecular complexity index is 554. The molecule has 1 heterocycles. The lowest BCUT2D eigenvalue weighted by molar-refractivity contribution is 0.102. The number of hydrogen-bond donors (Lipinski definition) is 2. The van der Waals surface area contributed by atoms with Gasteiger partial charge in [-0.05, 0) is 34.7 Å². The van der Waals surface area contributed by atoms with Crippen LogP contribution in [-0.4, -0.2) is 27.4 Å². The highest BCUT2D eigenvalue weighted by Gasteiger charge is 2.11. The molecule has 7 heteroatoms. The van der Waals surface area contributed by atoms with Crippen LogP contribution in [0.2, 0.25) is 0 Å². The lowest BCUT2D eigenvalue weighted by atomic mass is 10.3. The summed E-state index contributed by atoms with van der Waals surface area (Å²) in [5.74, 6) is -0.276. The van der Waals surface area contributed by atoms with E-state index in [0.717, 1.165) is 9.26 Å². The third-order valence-corrected chi connectivity index (χ3v) is 3.19. The molecule has 0 spiro atoms. The fourth-order valence-corrected chi connectivity index (χ4v) is 1.92. The Morgan fingerprint density at radius 2 is 2.22 bits per heavy atom. The first-order chi connectivity index (χ1) is 8.70. The van der Waals surface area contributed by atoms with Crippen LogP contribution in [0.5, 0.6) is 0 Å². The van der Waals surface area contributed by atoms with Gasteiger partial charge >= 0.3 is 0 Å². The molecule has 1 aromatic carbocycles. The average molecular weight is 357 g/mol. The molecule has 94 valence electrons. The van der Waals surface area contributed by atoms with E-state index in [9.17, 15) is 4.79 Å². The van der Waals surface area contributed by atoms with Crippen molar-refractivity contribution in [2.45, 2.75) is 6.54 Å². The largest absolute Gasteiger partial charge is 0.329 e. The zero-order valence-electron chi connectivity index (χ0n) is 9.51. The lowest BCUT2D eigenvalue weighted by Crippen LogP contribution is -2.13. The summed E-state index contributed by atoms with van der Waals surface area (Å²) in [4.78, 5) is 11.9. The summed E-state index contributed by atoms with van der Waals surface area (Å²) in [5.41, 5.74) is 6.44. The van der Waals surface area contributed by atoms with E-state index < -0.39 is 0 Å². The molecule has 0 saturated carbocycles. The number of anilines is 1. The quantitative estimate of drug-likeness (QED) is 0.803. The fourth-order valence-electron chi connectivity index (χ4n) is 1.39. The summed E-state index contributed by atoms with van der Waals surface area (Å²) in [6.07, 6.45) is 1.58. The molecule has 0 aliphatic carbocycles. The van der Waals surface area contributed by atoms with Gasteiger partial charge in [-0.2, -0.15) is 0 Å². The molecule has 18 heavy (non-hydrogen) atoms. The van der Waals surface area contributed by atoms with Gasteiger partial charge < -0.3 is 11.1 Å². The van der Waals surface area contributed by atoms with Crippen LogP contribution >= 0.6 is 22.6 Å². The summed E-state index contributed by atoms with van der Waals surface area (Å²) in [6.45, 7) is 1.00. The molecule has 2 rings (SSSR count). The molecule has 0 atom stereocenters. The third kappa shape index (κ3) is 3.05. The van der Waals surface area contributed by atoms with Crippen LogP contribution in [-0.2, 0) is 6.54 Å². The minimum Gasteiger partial charge on any atom is -0.329 e. The van der Waals surface area contributed by atoms with Crippen LogP contribution in [0.1, 0.15) is 10.5 Å². The van der Waals surface area contributed by atoms with Gasteiger partial charge in [0.25, 0.3) is 5.91 Å². The van der Waals surface area contributed by atoms with Crippen molar-refractivity contribution in [1.82, 2.24) is 15.0 Å². The van der Waals surface area contributed by atoms with Gasteiger partial charge in [0, 0.05) is 10.1 Å². The number of benzene rings is 1. The van der Waals surface area contributed by atoms with Gasteiger partial charge in [0.2, 0.25) is 0 Å². The minimum absolute atomic E-state index is 0.276. The summed E-state index contributed by atoms with van der Waals surface area (Å²) in [5, 5.41) is 10.4. The molecule has 0 unspecified atom stereocenters. The van der Waals surface area contributed by atoms with Crippen LogP contribution in [0.25, 0.3) is 0 Å². The van der Waals surface area contributed by atoms with Crippen molar-refractivity contribution in [3.05, 3.63) is 39.7 Å². The lowest BCUT2D eigenvalue weighted by Gasteiger charge is -2.04. The second kappa shape index (κ2) is 5.91. The number of rotatable bonds is 4. The van der Waals surface area contributed by atoms with Crippen LogP contribution < -0.4 is 11.1 Å². The van der Waals surface area contributed by atoms with E-state index in [4.69, 9.17) is 5.73 Å². The Labute approximate surface area is 118 Å². The molecule has 6 nitrogen and oxygen atoms in total. The standard InChI is InChI=1S/C11H12IN5O/c12-8-3-1-2-4-9(8)14-11(18)10-7-17(6-5-13)16-15-10/h1-4,7H,5-6,13H2,(H,14,18). The van der Waals surface area contributed by atoms with E-state index in [1.54, 1.807) is 10.9 Å². The number of carbonyl (C=O) groups excluding carboxylic acids is 1. The number of amides is 1. The maximum Gasteiger partial charge on any atom is 0.277 e. The molecule has 0 bridgehead atoms. The zero-order valence-corrected chi connectivity index (χ0v) is 11.7. The summed E-state index contributed by atoms with van der Waals surface area (Å²) in [7, 11) is 0. The Balaban J connectivity index is 2.10.